The minimum Gasteiger partial charge on any atom is -0.454 e. The van der Waals surface area contributed by atoms with Crippen LogP contribution in [0.4, 0.5) is 4.79 Å². The Kier molecular flexibility index (Phi) is 10.9. The molecule has 0 spiro atoms. The summed E-state index contributed by atoms with van der Waals surface area (Å²) in [7, 11) is 0. The molecule has 0 aliphatic carbocycles. The molecule has 0 fully saturated rings. The fourth-order valence-electron chi connectivity index (χ4n) is 2.54. The van der Waals surface area contributed by atoms with Gasteiger partial charge in [-0.15, -0.1) is 24.0 Å². The number of nitrogens with zero attached hydrogens (tertiary/aromatic N) is 1. The summed E-state index contributed by atoms with van der Waals surface area (Å²) in [6.45, 7) is 10.5. The Labute approximate surface area is 190 Å². The number of nitrogens with one attached hydrogen (secondary N) is 3. The molecule has 0 bridgehead atoms. The minimum absolute atomic E-state index is 0. The summed E-state index contributed by atoms with van der Waals surface area (Å²) < 4.78 is 15.9. The number of carbonyl (C=O) groups is 1. The SMILES string of the molecule is CCNC(=NCCCNC(=O)OC(C)(C)C)NCCc1ccc2c(c1)OCO2.I. The van der Waals surface area contributed by atoms with Crippen molar-refractivity contribution in [1.82, 2.24) is 16.0 Å². The monoisotopic (exact) mass is 520 g/mol. The highest BCUT2D eigenvalue weighted by molar-refractivity contribution is 14.0. The largest absolute Gasteiger partial charge is 0.454 e. The molecular weight excluding hydrogens is 487 g/mol. The molecule has 0 radical (unpaired) electrons. The number of fused-ring (bicyclic) bond motifs is 1. The quantitative estimate of drug-likeness (QED) is 0.211. The van der Waals surface area contributed by atoms with E-state index in [4.69, 9.17) is 14.2 Å². The van der Waals surface area contributed by atoms with E-state index < -0.39 is 11.7 Å². The van der Waals surface area contributed by atoms with Gasteiger partial charge in [-0.2, -0.15) is 0 Å². The number of ether oxygens (including phenoxy) is 3. The normalized spacial score (nSPS) is 12.8. The first kappa shape index (κ1) is 25.1. The van der Waals surface area contributed by atoms with Crippen LogP contribution in [0.3, 0.4) is 0 Å². The summed E-state index contributed by atoms with van der Waals surface area (Å²) in [5, 5.41) is 9.28. The van der Waals surface area contributed by atoms with Crippen molar-refractivity contribution in [3.05, 3.63) is 23.8 Å². The third-order valence-electron chi connectivity index (χ3n) is 3.76. The van der Waals surface area contributed by atoms with Gasteiger partial charge in [0.05, 0.1) is 0 Å². The van der Waals surface area contributed by atoms with Gasteiger partial charge in [-0.05, 0) is 58.2 Å². The first-order chi connectivity index (χ1) is 13.4. The molecule has 2 rings (SSSR count). The fourth-order valence-corrected chi connectivity index (χ4v) is 2.54. The molecule has 8 nitrogen and oxygen atoms in total. The van der Waals surface area contributed by atoms with Gasteiger partial charge in [0.25, 0.3) is 0 Å². The zero-order chi connectivity index (χ0) is 20.4. The summed E-state index contributed by atoms with van der Waals surface area (Å²) in [6, 6.07) is 5.99. The van der Waals surface area contributed by atoms with Crippen molar-refractivity contribution in [2.75, 3.05) is 33.0 Å². The van der Waals surface area contributed by atoms with Gasteiger partial charge >= 0.3 is 6.09 Å². The minimum atomic E-state index is -0.484. The van der Waals surface area contributed by atoms with Crippen LogP contribution in [0.2, 0.25) is 0 Å². The van der Waals surface area contributed by atoms with Gasteiger partial charge < -0.3 is 30.2 Å². The smallest absolute Gasteiger partial charge is 0.407 e. The standard InChI is InChI=1S/C20H32N4O4.HI/c1-5-21-18(22-10-6-11-24-19(25)28-20(2,3)4)23-12-9-15-7-8-16-17(13-15)27-14-26-16;/h7-8,13H,5-6,9-12,14H2,1-4H3,(H,24,25)(H2,21,22,23);1H. The summed E-state index contributed by atoms with van der Waals surface area (Å²) in [5.41, 5.74) is 0.691. The lowest BCUT2D eigenvalue weighted by molar-refractivity contribution is 0.0527. The lowest BCUT2D eigenvalue weighted by Gasteiger charge is -2.19. The van der Waals surface area contributed by atoms with Crippen LogP contribution < -0.4 is 25.4 Å². The Hall–Kier alpha value is -1.91. The Morgan fingerprint density at radius 3 is 2.62 bits per heavy atom. The van der Waals surface area contributed by atoms with Crippen molar-refractivity contribution in [1.29, 1.82) is 0 Å². The molecule has 164 valence electrons. The van der Waals surface area contributed by atoms with Crippen molar-refractivity contribution >= 4 is 36.0 Å². The highest BCUT2D eigenvalue weighted by Gasteiger charge is 2.15. The van der Waals surface area contributed by atoms with Crippen LogP contribution in [0.1, 0.15) is 39.7 Å². The number of alkyl carbamates (subject to hydrolysis) is 1. The van der Waals surface area contributed by atoms with E-state index in [2.05, 4.69) is 20.9 Å². The molecule has 1 aromatic rings. The zero-order valence-corrected chi connectivity index (χ0v) is 20.0. The van der Waals surface area contributed by atoms with E-state index >= 15 is 0 Å². The van der Waals surface area contributed by atoms with Gasteiger partial charge in [-0.3, -0.25) is 4.99 Å². The fraction of sp³-hybridized carbons (Fsp3) is 0.600. The number of halogens is 1. The maximum absolute atomic E-state index is 11.6. The first-order valence-corrected chi connectivity index (χ1v) is 9.75. The first-order valence-electron chi connectivity index (χ1n) is 9.75. The van der Waals surface area contributed by atoms with Crippen LogP contribution in [0.15, 0.2) is 23.2 Å². The van der Waals surface area contributed by atoms with Crippen molar-refractivity contribution in [2.45, 2.75) is 46.1 Å². The number of benzene rings is 1. The van der Waals surface area contributed by atoms with Crippen molar-refractivity contribution in [3.63, 3.8) is 0 Å². The van der Waals surface area contributed by atoms with Gasteiger partial charge in [-0.1, -0.05) is 6.07 Å². The molecule has 1 aromatic carbocycles. The molecule has 1 aliphatic rings. The number of guanidine groups is 1. The molecule has 0 unspecified atom stereocenters. The third kappa shape index (κ3) is 9.91. The van der Waals surface area contributed by atoms with Gasteiger partial charge in [-0.25, -0.2) is 4.79 Å². The molecule has 9 heteroatoms. The van der Waals surface area contributed by atoms with Crippen LogP contribution in [-0.4, -0.2) is 50.6 Å². The molecule has 0 atom stereocenters. The van der Waals surface area contributed by atoms with Crippen molar-refractivity contribution in [2.24, 2.45) is 4.99 Å². The molecule has 1 heterocycles. The number of amides is 1. The van der Waals surface area contributed by atoms with E-state index in [-0.39, 0.29) is 30.8 Å². The van der Waals surface area contributed by atoms with Crippen molar-refractivity contribution < 1.29 is 19.0 Å². The van der Waals surface area contributed by atoms with E-state index in [1.807, 2.05) is 45.9 Å². The van der Waals surface area contributed by atoms with Crippen LogP contribution in [0, 0.1) is 0 Å². The summed E-state index contributed by atoms with van der Waals surface area (Å²) in [4.78, 5) is 16.1. The van der Waals surface area contributed by atoms with Gasteiger partial charge in [0.2, 0.25) is 6.79 Å². The molecule has 1 amide bonds. The Morgan fingerprint density at radius 2 is 1.90 bits per heavy atom. The van der Waals surface area contributed by atoms with Crippen LogP contribution in [0.25, 0.3) is 0 Å². The summed E-state index contributed by atoms with van der Waals surface area (Å²) in [6.07, 6.45) is 1.18. The number of rotatable bonds is 8. The molecule has 0 saturated carbocycles. The number of hydrogen-bond acceptors (Lipinski definition) is 5. The number of aliphatic imine (C=N–C) groups is 1. The average Bonchev–Trinajstić information content (AvgIpc) is 3.07. The van der Waals surface area contributed by atoms with Crippen molar-refractivity contribution in [3.8, 4) is 11.5 Å². The lowest BCUT2D eigenvalue weighted by Crippen LogP contribution is -2.38. The highest BCUT2D eigenvalue weighted by Crippen LogP contribution is 2.32. The summed E-state index contributed by atoms with van der Waals surface area (Å²) >= 11 is 0. The third-order valence-corrected chi connectivity index (χ3v) is 3.76. The van der Waals surface area contributed by atoms with Crippen LogP contribution in [0.5, 0.6) is 11.5 Å². The van der Waals surface area contributed by atoms with Gasteiger partial charge in [0.15, 0.2) is 17.5 Å². The topological polar surface area (TPSA) is 93.2 Å². The molecule has 0 aromatic heterocycles. The van der Waals surface area contributed by atoms with E-state index in [0.29, 0.717) is 13.1 Å². The van der Waals surface area contributed by atoms with Crippen LogP contribution >= 0.6 is 24.0 Å². The molecular formula is C20H33IN4O4. The Morgan fingerprint density at radius 1 is 1.14 bits per heavy atom. The lowest BCUT2D eigenvalue weighted by atomic mass is 10.1. The van der Waals surface area contributed by atoms with E-state index in [1.54, 1.807) is 0 Å². The molecule has 0 saturated heterocycles. The zero-order valence-electron chi connectivity index (χ0n) is 17.7. The maximum Gasteiger partial charge on any atom is 0.407 e. The molecule has 3 N–H and O–H groups in total. The predicted octanol–water partition coefficient (Wildman–Crippen LogP) is 3.05. The number of hydrogen-bond donors (Lipinski definition) is 3. The average molecular weight is 520 g/mol. The maximum atomic E-state index is 11.6. The highest BCUT2D eigenvalue weighted by atomic mass is 127. The second-order valence-corrected chi connectivity index (χ2v) is 7.41. The van der Waals surface area contributed by atoms with E-state index in [9.17, 15) is 4.79 Å². The van der Waals surface area contributed by atoms with Crippen LogP contribution in [-0.2, 0) is 11.2 Å². The Balaban J connectivity index is 0.00000420. The van der Waals surface area contributed by atoms with Gasteiger partial charge in [0.1, 0.15) is 5.60 Å². The van der Waals surface area contributed by atoms with E-state index in [0.717, 1.165) is 43.4 Å². The second kappa shape index (κ2) is 12.6. The predicted molar refractivity (Wildman–Crippen MR) is 125 cm³/mol. The molecule has 29 heavy (non-hydrogen) atoms. The van der Waals surface area contributed by atoms with Gasteiger partial charge in [0, 0.05) is 26.2 Å². The second-order valence-electron chi connectivity index (χ2n) is 7.41. The number of carbonyl (C=O) groups excluding carboxylic acids is 1. The molecule has 1 aliphatic heterocycles. The van der Waals surface area contributed by atoms with E-state index in [1.165, 1.54) is 5.56 Å². The summed E-state index contributed by atoms with van der Waals surface area (Å²) in [5.74, 6) is 2.36. The Bertz CT molecular complexity index is 677.